The summed E-state index contributed by atoms with van der Waals surface area (Å²) in [5.74, 6) is -4.48. The molecule has 1 aromatic rings. The molecule has 0 aliphatic carbocycles. The van der Waals surface area contributed by atoms with E-state index in [2.05, 4.69) is 10.6 Å². The molecule has 3 rings (SSSR count). The highest BCUT2D eigenvalue weighted by Crippen LogP contribution is 2.30. The van der Waals surface area contributed by atoms with Crippen molar-refractivity contribution in [2.75, 3.05) is 19.6 Å². The quantitative estimate of drug-likeness (QED) is 0.317. The number of rotatable bonds is 5. The molecule has 32 heavy (non-hydrogen) atoms. The highest BCUT2D eigenvalue weighted by molar-refractivity contribution is 6.47. The lowest BCUT2D eigenvalue weighted by Gasteiger charge is -2.32. The Morgan fingerprint density at radius 2 is 1.97 bits per heavy atom. The first kappa shape index (κ1) is 23.1. The molecule has 1 saturated heterocycles. The monoisotopic (exact) mass is 446 g/mol. The summed E-state index contributed by atoms with van der Waals surface area (Å²) in [5, 5.41) is 24.4. The predicted molar refractivity (Wildman–Crippen MR) is 110 cm³/mol. The summed E-state index contributed by atoms with van der Waals surface area (Å²) in [7, 11) is -1.50. The lowest BCUT2D eigenvalue weighted by atomic mass is 9.72. The van der Waals surface area contributed by atoms with E-state index < -0.39 is 48.8 Å². The van der Waals surface area contributed by atoms with Gasteiger partial charge in [-0.05, 0) is 31.9 Å². The van der Waals surface area contributed by atoms with E-state index in [0.717, 1.165) is 4.90 Å². The van der Waals surface area contributed by atoms with E-state index in [9.17, 15) is 34.1 Å². The largest absolute Gasteiger partial charge is 0.547 e. The van der Waals surface area contributed by atoms with Gasteiger partial charge >= 0.3 is 30.9 Å². The maximum atomic E-state index is 12.5. The molecule has 2 aliphatic rings. The van der Waals surface area contributed by atoms with Gasteiger partial charge < -0.3 is 30.3 Å². The molecule has 0 aromatic heterocycles. The molecule has 12 nitrogen and oxygen atoms in total. The minimum absolute atomic E-state index is 0.0104. The Morgan fingerprint density at radius 1 is 1.25 bits per heavy atom. The third-order valence-electron chi connectivity index (χ3n) is 5.35. The minimum atomic E-state index is -1.50. The van der Waals surface area contributed by atoms with Crippen LogP contribution >= 0.6 is 0 Å². The fourth-order valence-corrected chi connectivity index (χ4v) is 3.52. The van der Waals surface area contributed by atoms with Crippen molar-refractivity contribution in [1.29, 1.82) is 0 Å². The summed E-state index contributed by atoms with van der Waals surface area (Å²) in [4.78, 5) is 62.4. The van der Waals surface area contributed by atoms with Gasteiger partial charge in [-0.3, -0.25) is 19.3 Å². The molecule has 1 fully saturated rings. The summed E-state index contributed by atoms with van der Waals surface area (Å²) in [5.41, 5.74) is 0.393. The minimum Gasteiger partial charge on any atom is -0.534 e. The highest BCUT2D eigenvalue weighted by Gasteiger charge is 2.39. The van der Waals surface area contributed by atoms with Crippen molar-refractivity contribution < 1.29 is 38.8 Å². The second-order valence-electron chi connectivity index (χ2n) is 7.44. The Bertz CT molecular complexity index is 971. The Morgan fingerprint density at radius 3 is 2.62 bits per heavy atom. The number of carbonyl (C=O) groups excluding carboxylic acids is 4. The fourth-order valence-electron chi connectivity index (χ4n) is 3.52. The number of carboxylic acids is 1. The zero-order valence-corrected chi connectivity index (χ0v) is 17.5. The van der Waals surface area contributed by atoms with Crippen LogP contribution in [0.15, 0.2) is 18.2 Å². The SMILES string of the molecule is CCN1CCN(C(=O)NC(C)C(=O)N[C@H]2Cc3cccc(C(=O)O)c3OB2O)C(=O)C1=O. The first-order chi connectivity index (χ1) is 15.1. The second kappa shape index (κ2) is 9.26. The van der Waals surface area contributed by atoms with Crippen molar-refractivity contribution in [3.05, 3.63) is 29.3 Å². The van der Waals surface area contributed by atoms with Gasteiger partial charge in [-0.2, -0.15) is 0 Å². The molecule has 1 unspecified atom stereocenters. The summed E-state index contributed by atoms with van der Waals surface area (Å²) in [6, 6.07) is 2.53. The van der Waals surface area contributed by atoms with Gasteiger partial charge in [0.05, 0.1) is 11.5 Å². The number of fused-ring (bicyclic) bond motifs is 1. The van der Waals surface area contributed by atoms with Gasteiger partial charge in [-0.25, -0.2) is 9.59 Å². The number of nitrogens with one attached hydrogen (secondary N) is 2. The number of carboxylic acid groups (broad SMARTS) is 1. The average Bonchev–Trinajstić information content (AvgIpc) is 2.75. The normalized spacial score (nSPS) is 19.1. The van der Waals surface area contributed by atoms with Gasteiger partial charge in [0.1, 0.15) is 11.8 Å². The molecule has 2 heterocycles. The Kier molecular flexibility index (Phi) is 6.68. The molecule has 2 aliphatic heterocycles. The number of hydrogen-bond acceptors (Lipinski definition) is 7. The van der Waals surface area contributed by atoms with E-state index >= 15 is 0 Å². The molecule has 5 amide bonds. The number of piperazine rings is 1. The van der Waals surface area contributed by atoms with E-state index in [-0.39, 0.29) is 30.8 Å². The Hall–Kier alpha value is -3.61. The molecule has 2 atom stereocenters. The molecular formula is C19H23BN4O8. The number of nitrogens with zero attached hydrogens (tertiary/aromatic N) is 2. The first-order valence-electron chi connectivity index (χ1n) is 10.1. The maximum Gasteiger partial charge on any atom is 0.547 e. The van der Waals surface area contributed by atoms with Crippen molar-refractivity contribution in [3.63, 3.8) is 0 Å². The smallest absolute Gasteiger partial charge is 0.534 e. The number of hydrogen-bond donors (Lipinski definition) is 4. The van der Waals surface area contributed by atoms with Crippen LogP contribution in [0.2, 0.25) is 0 Å². The molecule has 170 valence electrons. The van der Waals surface area contributed by atoms with Gasteiger partial charge in [0.25, 0.3) is 0 Å². The number of carbonyl (C=O) groups is 5. The summed E-state index contributed by atoms with van der Waals surface area (Å²) < 4.78 is 5.32. The predicted octanol–water partition coefficient (Wildman–Crippen LogP) is -1.39. The molecule has 0 radical (unpaired) electrons. The van der Waals surface area contributed by atoms with Crippen LogP contribution in [0.25, 0.3) is 0 Å². The molecule has 0 bridgehead atoms. The van der Waals surface area contributed by atoms with Gasteiger partial charge in [0, 0.05) is 19.6 Å². The molecular weight excluding hydrogens is 423 g/mol. The average molecular weight is 446 g/mol. The Balaban J connectivity index is 1.61. The van der Waals surface area contributed by atoms with Crippen molar-refractivity contribution in [2.45, 2.75) is 32.3 Å². The lowest BCUT2D eigenvalue weighted by molar-refractivity contribution is -0.153. The number of urea groups is 1. The lowest BCUT2D eigenvalue weighted by Crippen LogP contribution is -2.61. The number of amides is 5. The number of benzene rings is 1. The second-order valence-corrected chi connectivity index (χ2v) is 7.44. The van der Waals surface area contributed by atoms with Crippen molar-refractivity contribution in [1.82, 2.24) is 20.4 Å². The van der Waals surface area contributed by atoms with Crippen LogP contribution < -0.4 is 15.3 Å². The maximum absolute atomic E-state index is 12.5. The number of imide groups is 1. The fraction of sp³-hybridized carbons (Fsp3) is 0.421. The van der Waals surface area contributed by atoms with E-state index in [1.165, 1.54) is 24.0 Å². The third kappa shape index (κ3) is 4.52. The van der Waals surface area contributed by atoms with Gasteiger partial charge in [0.15, 0.2) is 0 Å². The van der Waals surface area contributed by atoms with Crippen LogP contribution in [0, 0.1) is 0 Å². The van der Waals surface area contributed by atoms with Crippen molar-refractivity contribution in [2.24, 2.45) is 0 Å². The summed E-state index contributed by atoms with van der Waals surface area (Å²) >= 11 is 0. The molecule has 0 saturated carbocycles. The van der Waals surface area contributed by atoms with Crippen molar-refractivity contribution in [3.8, 4) is 5.75 Å². The molecule has 1 aromatic carbocycles. The zero-order valence-electron chi connectivity index (χ0n) is 17.5. The van der Waals surface area contributed by atoms with Crippen LogP contribution in [0.1, 0.15) is 29.8 Å². The van der Waals surface area contributed by atoms with Gasteiger partial charge in [0.2, 0.25) is 5.91 Å². The third-order valence-corrected chi connectivity index (χ3v) is 5.35. The topological polar surface area (TPSA) is 166 Å². The van der Waals surface area contributed by atoms with E-state index in [1.54, 1.807) is 13.0 Å². The van der Waals surface area contributed by atoms with E-state index in [0.29, 0.717) is 12.1 Å². The number of aromatic carboxylic acids is 1. The summed E-state index contributed by atoms with van der Waals surface area (Å²) in [6.07, 6.45) is 0.107. The standard InChI is InChI=1S/C19H23BN4O8/c1-3-23-7-8-24(17(27)16(23)26)19(30)21-10(2)15(25)22-13-9-11-5-4-6-12(18(28)29)14(11)32-20(13)31/h4-6,10,13,31H,3,7-9H2,1-2H3,(H,21,30)(H,22,25)(H,28,29)/t10?,13-/m0/s1. The summed E-state index contributed by atoms with van der Waals surface area (Å²) in [6.45, 7) is 3.67. The van der Waals surface area contributed by atoms with Gasteiger partial charge in [-0.1, -0.05) is 12.1 Å². The van der Waals surface area contributed by atoms with E-state index in [1.807, 2.05) is 0 Å². The Labute approximate surface area is 183 Å². The number of likely N-dealkylation sites (N-methyl/N-ethyl adjacent to an activating group) is 1. The highest BCUT2D eigenvalue weighted by atomic mass is 16.5. The van der Waals surface area contributed by atoms with Crippen molar-refractivity contribution >= 4 is 36.8 Å². The van der Waals surface area contributed by atoms with Gasteiger partial charge in [-0.15, -0.1) is 0 Å². The van der Waals surface area contributed by atoms with E-state index in [4.69, 9.17) is 4.65 Å². The first-order valence-corrected chi connectivity index (χ1v) is 10.1. The molecule has 13 heteroatoms. The number of para-hydroxylation sites is 1. The molecule has 4 N–H and O–H groups in total. The van der Waals surface area contributed by atoms with Crippen LogP contribution in [-0.4, -0.2) is 88.4 Å². The van der Waals surface area contributed by atoms with Crippen LogP contribution in [0.4, 0.5) is 4.79 Å². The van der Waals surface area contributed by atoms with Crippen LogP contribution in [0.5, 0.6) is 5.75 Å². The van der Waals surface area contributed by atoms with Crippen LogP contribution in [-0.2, 0) is 20.8 Å². The molecule has 0 spiro atoms. The zero-order chi connectivity index (χ0) is 23.6. The van der Waals surface area contributed by atoms with Crippen LogP contribution in [0.3, 0.4) is 0 Å².